The number of hydrogen-bond donors (Lipinski definition) is 0. The molecule has 2 nitrogen and oxygen atoms in total. The summed E-state index contributed by atoms with van der Waals surface area (Å²) < 4.78 is 2.11. The van der Waals surface area contributed by atoms with Gasteiger partial charge in [0.1, 0.15) is 0 Å². The normalized spacial score (nSPS) is 12.9. The summed E-state index contributed by atoms with van der Waals surface area (Å²) in [6, 6.07) is 2.00. The predicted molar refractivity (Wildman–Crippen MR) is 54.2 cm³/mol. The molecule has 0 amide bonds. The van der Waals surface area contributed by atoms with Gasteiger partial charge in [0.2, 0.25) is 0 Å². The summed E-state index contributed by atoms with van der Waals surface area (Å²) in [7, 11) is 2.02. The Morgan fingerprint density at radius 2 is 2.23 bits per heavy atom. The molecular weight excluding hydrogens is 162 g/mol. The second-order valence-corrected chi connectivity index (χ2v) is 3.60. The predicted octanol–water partition coefficient (Wildman–Crippen LogP) is 2.66. The van der Waals surface area contributed by atoms with E-state index in [1.807, 2.05) is 20.0 Å². The van der Waals surface area contributed by atoms with Gasteiger partial charge in [0.05, 0.1) is 0 Å². The average Bonchev–Trinajstić information content (AvgIpc) is 2.43. The van der Waals surface area contributed by atoms with Crippen molar-refractivity contribution < 1.29 is 4.79 Å². The lowest BCUT2D eigenvalue weighted by Gasteiger charge is -2.10. The number of aldehydes is 1. The van der Waals surface area contributed by atoms with Crippen LogP contribution in [0.5, 0.6) is 0 Å². The second kappa shape index (κ2) is 3.77. The van der Waals surface area contributed by atoms with Gasteiger partial charge >= 0.3 is 0 Å². The number of carbonyl (C=O) groups is 1. The summed E-state index contributed by atoms with van der Waals surface area (Å²) in [4.78, 5) is 10.7. The van der Waals surface area contributed by atoms with Crippen molar-refractivity contribution in [2.75, 3.05) is 0 Å². The molecule has 0 saturated carbocycles. The number of rotatable bonds is 3. The van der Waals surface area contributed by atoms with Gasteiger partial charge in [-0.05, 0) is 25.3 Å². The van der Waals surface area contributed by atoms with Crippen LogP contribution in [0.25, 0.3) is 0 Å². The van der Waals surface area contributed by atoms with Crippen LogP contribution in [-0.4, -0.2) is 10.9 Å². The standard InChI is InChI=1S/C11H17NO/c1-5-8(2)11-6-10(7-13)9(3)12(11)4/h6-8H,5H2,1-4H3. The topological polar surface area (TPSA) is 22.0 Å². The van der Waals surface area contributed by atoms with Crippen LogP contribution < -0.4 is 0 Å². The number of nitrogens with zero attached hydrogens (tertiary/aromatic N) is 1. The van der Waals surface area contributed by atoms with E-state index in [2.05, 4.69) is 18.4 Å². The summed E-state index contributed by atoms with van der Waals surface area (Å²) in [5.41, 5.74) is 3.13. The van der Waals surface area contributed by atoms with Gasteiger partial charge in [-0.3, -0.25) is 4.79 Å². The highest BCUT2D eigenvalue weighted by Crippen LogP contribution is 2.22. The fourth-order valence-corrected chi connectivity index (χ4v) is 1.55. The van der Waals surface area contributed by atoms with Crippen LogP contribution in [0, 0.1) is 6.92 Å². The van der Waals surface area contributed by atoms with Crippen molar-refractivity contribution in [3.8, 4) is 0 Å². The Bertz CT molecular complexity index is 312. The minimum Gasteiger partial charge on any atom is -0.351 e. The molecule has 2 heteroatoms. The van der Waals surface area contributed by atoms with Crippen molar-refractivity contribution >= 4 is 6.29 Å². The van der Waals surface area contributed by atoms with Crippen LogP contribution in [0.3, 0.4) is 0 Å². The molecule has 1 aromatic heterocycles. The summed E-state index contributed by atoms with van der Waals surface area (Å²) in [6.07, 6.45) is 2.04. The Morgan fingerprint density at radius 3 is 2.62 bits per heavy atom. The number of aromatic nitrogens is 1. The van der Waals surface area contributed by atoms with Crippen molar-refractivity contribution in [3.63, 3.8) is 0 Å². The average molecular weight is 179 g/mol. The Kier molecular flexibility index (Phi) is 2.91. The molecule has 1 heterocycles. The molecule has 1 aromatic rings. The molecular formula is C11H17NO. The highest BCUT2D eigenvalue weighted by atomic mass is 16.1. The van der Waals surface area contributed by atoms with E-state index in [4.69, 9.17) is 0 Å². The number of carbonyl (C=O) groups excluding carboxylic acids is 1. The van der Waals surface area contributed by atoms with Crippen LogP contribution in [0.2, 0.25) is 0 Å². The van der Waals surface area contributed by atoms with E-state index in [-0.39, 0.29) is 0 Å². The van der Waals surface area contributed by atoms with Gasteiger partial charge in [0.15, 0.2) is 6.29 Å². The first-order valence-electron chi connectivity index (χ1n) is 4.73. The first-order valence-corrected chi connectivity index (χ1v) is 4.73. The lowest BCUT2D eigenvalue weighted by molar-refractivity contribution is 0.112. The maximum absolute atomic E-state index is 10.7. The molecule has 0 N–H and O–H groups in total. The van der Waals surface area contributed by atoms with E-state index in [1.165, 1.54) is 5.69 Å². The lowest BCUT2D eigenvalue weighted by atomic mass is 10.1. The van der Waals surface area contributed by atoms with E-state index in [1.54, 1.807) is 0 Å². The van der Waals surface area contributed by atoms with Crippen molar-refractivity contribution in [1.29, 1.82) is 0 Å². The fourth-order valence-electron chi connectivity index (χ4n) is 1.55. The van der Waals surface area contributed by atoms with Gasteiger partial charge < -0.3 is 4.57 Å². The lowest BCUT2D eigenvalue weighted by Crippen LogP contribution is -2.01. The molecule has 0 aromatic carbocycles. The Balaban J connectivity index is 3.16. The van der Waals surface area contributed by atoms with Crippen LogP contribution in [0.4, 0.5) is 0 Å². The quantitative estimate of drug-likeness (QED) is 0.654. The van der Waals surface area contributed by atoms with E-state index in [0.717, 1.165) is 24.0 Å². The van der Waals surface area contributed by atoms with E-state index >= 15 is 0 Å². The zero-order valence-electron chi connectivity index (χ0n) is 8.79. The molecule has 1 rings (SSSR count). The Hall–Kier alpha value is -1.05. The van der Waals surface area contributed by atoms with Gasteiger partial charge in [-0.25, -0.2) is 0 Å². The maximum Gasteiger partial charge on any atom is 0.151 e. The van der Waals surface area contributed by atoms with Crippen LogP contribution in [-0.2, 0) is 7.05 Å². The SMILES string of the molecule is CCC(C)c1cc(C=O)c(C)n1C. The summed E-state index contributed by atoms with van der Waals surface area (Å²) in [6.45, 7) is 6.33. The third-order valence-corrected chi connectivity index (χ3v) is 2.86. The third-order valence-electron chi connectivity index (χ3n) is 2.86. The highest BCUT2D eigenvalue weighted by molar-refractivity contribution is 5.77. The summed E-state index contributed by atoms with van der Waals surface area (Å²) >= 11 is 0. The molecule has 13 heavy (non-hydrogen) atoms. The fraction of sp³-hybridized carbons (Fsp3) is 0.545. The van der Waals surface area contributed by atoms with Gasteiger partial charge in [-0.15, -0.1) is 0 Å². The molecule has 0 aliphatic heterocycles. The van der Waals surface area contributed by atoms with Gasteiger partial charge in [0.25, 0.3) is 0 Å². The van der Waals surface area contributed by atoms with E-state index in [9.17, 15) is 4.79 Å². The van der Waals surface area contributed by atoms with Gasteiger partial charge in [0, 0.05) is 24.0 Å². The largest absolute Gasteiger partial charge is 0.351 e. The van der Waals surface area contributed by atoms with E-state index < -0.39 is 0 Å². The molecule has 0 spiro atoms. The van der Waals surface area contributed by atoms with Crippen molar-refractivity contribution in [1.82, 2.24) is 4.57 Å². The zero-order chi connectivity index (χ0) is 10.0. The minimum absolute atomic E-state index is 0.525. The van der Waals surface area contributed by atoms with E-state index in [0.29, 0.717) is 5.92 Å². The smallest absolute Gasteiger partial charge is 0.151 e. The summed E-state index contributed by atoms with van der Waals surface area (Å²) in [5.74, 6) is 0.525. The number of hydrogen-bond acceptors (Lipinski definition) is 1. The second-order valence-electron chi connectivity index (χ2n) is 3.60. The molecule has 1 atom stereocenters. The third kappa shape index (κ3) is 1.67. The van der Waals surface area contributed by atoms with Crippen molar-refractivity contribution in [3.05, 3.63) is 23.0 Å². The monoisotopic (exact) mass is 179 g/mol. The molecule has 0 aliphatic rings. The highest BCUT2D eigenvalue weighted by Gasteiger charge is 2.12. The molecule has 1 unspecified atom stereocenters. The zero-order valence-corrected chi connectivity index (χ0v) is 8.79. The molecule has 0 aliphatic carbocycles. The molecule has 72 valence electrons. The van der Waals surface area contributed by atoms with Gasteiger partial charge in [-0.1, -0.05) is 13.8 Å². The minimum atomic E-state index is 0.525. The Morgan fingerprint density at radius 1 is 1.62 bits per heavy atom. The molecule has 0 radical (unpaired) electrons. The molecule has 0 fully saturated rings. The van der Waals surface area contributed by atoms with Crippen LogP contribution >= 0.6 is 0 Å². The molecule has 0 saturated heterocycles. The van der Waals surface area contributed by atoms with Gasteiger partial charge in [-0.2, -0.15) is 0 Å². The molecule has 0 bridgehead atoms. The first-order chi connectivity index (χ1) is 6.11. The van der Waals surface area contributed by atoms with Crippen LogP contribution in [0.1, 0.15) is 47.9 Å². The van der Waals surface area contributed by atoms with Crippen LogP contribution in [0.15, 0.2) is 6.07 Å². The van der Waals surface area contributed by atoms with Crippen molar-refractivity contribution in [2.45, 2.75) is 33.1 Å². The Labute approximate surface area is 79.6 Å². The first kappa shape index (κ1) is 10.0. The maximum atomic E-state index is 10.7. The summed E-state index contributed by atoms with van der Waals surface area (Å²) in [5, 5.41) is 0. The van der Waals surface area contributed by atoms with Crippen molar-refractivity contribution in [2.24, 2.45) is 7.05 Å².